The average molecular weight is 275 g/mol. The van der Waals surface area contributed by atoms with Crippen LogP contribution in [0, 0.1) is 27.7 Å². The minimum absolute atomic E-state index is 0.113. The van der Waals surface area contributed by atoms with Crippen molar-refractivity contribution in [3.05, 3.63) is 33.4 Å². The molecule has 0 aliphatic carbocycles. The van der Waals surface area contributed by atoms with Crippen molar-refractivity contribution in [2.75, 3.05) is 6.61 Å². The van der Waals surface area contributed by atoms with Crippen LogP contribution in [0.15, 0.2) is 0 Å². The molecule has 0 unspecified atom stereocenters. The smallest absolute Gasteiger partial charge is 0.424 e. The molecular weight excluding hydrogens is 258 g/mol. The Morgan fingerprint density at radius 2 is 1.30 bits per heavy atom. The predicted molar refractivity (Wildman–Crippen MR) is 72.9 cm³/mol. The zero-order valence-electron chi connectivity index (χ0n) is 12.3. The lowest BCUT2D eigenvalue weighted by Gasteiger charge is -2.12. The zero-order valence-corrected chi connectivity index (χ0v) is 12.3. The van der Waals surface area contributed by atoms with E-state index in [4.69, 9.17) is 4.74 Å². The van der Waals surface area contributed by atoms with Crippen LogP contribution in [0.4, 0.5) is 4.79 Å². The molecule has 1 aliphatic heterocycles. The number of hydrogen-bond donors (Lipinski definition) is 0. The highest BCUT2D eigenvalue weighted by Gasteiger charge is 2.43. The third-order valence-electron chi connectivity index (χ3n) is 3.97. The number of nitrogens with zero attached hydrogens (tertiary/aromatic N) is 1. The molecule has 1 aliphatic rings. The van der Waals surface area contributed by atoms with Crippen LogP contribution < -0.4 is 0 Å². The van der Waals surface area contributed by atoms with Crippen LogP contribution in [0.2, 0.25) is 0 Å². The molecule has 2 rings (SSSR count). The first-order valence-corrected chi connectivity index (χ1v) is 6.48. The van der Waals surface area contributed by atoms with Crippen molar-refractivity contribution in [1.82, 2.24) is 4.90 Å². The Morgan fingerprint density at radius 1 is 0.900 bits per heavy atom. The standard InChI is InChI=1S/C15H17NO4/c1-6-20-15(19)16-13(17)11-9(4)7(2)8(3)10(5)12(11)14(16)18/h6H2,1-5H3. The number of benzene rings is 1. The number of ether oxygens (including phenoxy) is 1. The van der Waals surface area contributed by atoms with Crippen LogP contribution in [-0.2, 0) is 4.74 Å². The van der Waals surface area contributed by atoms with Crippen molar-refractivity contribution in [2.45, 2.75) is 34.6 Å². The lowest BCUT2D eigenvalue weighted by Crippen LogP contribution is -2.36. The summed E-state index contributed by atoms with van der Waals surface area (Å²) >= 11 is 0. The van der Waals surface area contributed by atoms with Crippen LogP contribution in [0.25, 0.3) is 0 Å². The lowest BCUT2D eigenvalue weighted by molar-refractivity contribution is 0.0596. The molecule has 0 N–H and O–H groups in total. The third kappa shape index (κ3) is 1.73. The van der Waals surface area contributed by atoms with E-state index in [0.717, 1.165) is 22.3 Å². The molecular formula is C15H17NO4. The third-order valence-corrected chi connectivity index (χ3v) is 3.97. The summed E-state index contributed by atoms with van der Waals surface area (Å²) in [6.45, 7) is 9.13. The first kappa shape index (κ1) is 14.2. The van der Waals surface area contributed by atoms with Crippen LogP contribution >= 0.6 is 0 Å². The second-order valence-electron chi connectivity index (χ2n) is 4.89. The van der Waals surface area contributed by atoms with Crippen LogP contribution in [-0.4, -0.2) is 29.4 Å². The van der Waals surface area contributed by atoms with E-state index in [1.165, 1.54) is 0 Å². The molecule has 0 radical (unpaired) electrons. The molecule has 0 saturated heterocycles. The van der Waals surface area contributed by atoms with Crippen molar-refractivity contribution in [1.29, 1.82) is 0 Å². The first-order valence-electron chi connectivity index (χ1n) is 6.48. The fourth-order valence-electron chi connectivity index (χ4n) is 2.52. The molecule has 0 bridgehead atoms. The van der Waals surface area contributed by atoms with Crippen LogP contribution in [0.1, 0.15) is 49.9 Å². The molecule has 1 heterocycles. The van der Waals surface area contributed by atoms with E-state index in [2.05, 4.69) is 0 Å². The minimum Gasteiger partial charge on any atom is -0.449 e. The Labute approximate surface area is 117 Å². The van der Waals surface area contributed by atoms with Gasteiger partial charge in [-0.1, -0.05) is 0 Å². The van der Waals surface area contributed by atoms with Gasteiger partial charge in [0.2, 0.25) is 0 Å². The van der Waals surface area contributed by atoms with Gasteiger partial charge in [-0.05, 0) is 56.9 Å². The topological polar surface area (TPSA) is 63.7 Å². The SMILES string of the molecule is CCOC(=O)N1C(=O)c2c(C)c(C)c(C)c(C)c2C1=O. The summed E-state index contributed by atoms with van der Waals surface area (Å²) in [6.07, 6.45) is -0.909. The normalized spacial score (nSPS) is 13.8. The van der Waals surface area contributed by atoms with E-state index >= 15 is 0 Å². The van der Waals surface area contributed by atoms with E-state index in [9.17, 15) is 14.4 Å². The van der Waals surface area contributed by atoms with Gasteiger partial charge in [-0.25, -0.2) is 4.79 Å². The van der Waals surface area contributed by atoms with E-state index < -0.39 is 17.9 Å². The molecule has 0 aromatic heterocycles. The summed E-state index contributed by atoms with van der Waals surface area (Å²) in [4.78, 5) is 37.1. The van der Waals surface area contributed by atoms with Gasteiger partial charge in [-0.3, -0.25) is 9.59 Å². The molecule has 106 valence electrons. The summed E-state index contributed by atoms with van der Waals surface area (Å²) in [5, 5.41) is 0. The molecule has 1 aromatic carbocycles. The summed E-state index contributed by atoms with van der Waals surface area (Å²) in [5.74, 6) is -1.18. The number of rotatable bonds is 1. The Kier molecular flexibility index (Phi) is 3.38. The molecule has 3 amide bonds. The highest BCUT2D eigenvalue weighted by atomic mass is 16.6. The van der Waals surface area contributed by atoms with E-state index in [1.54, 1.807) is 20.8 Å². The highest BCUT2D eigenvalue weighted by Crippen LogP contribution is 2.33. The Bertz CT molecular complexity index is 599. The van der Waals surface area contributed by atoms with E-state index in [1.807, 2.05) is 13.8 Å². The first-order chi connectivity index (χ1) is 9.32. The average Bonchev–Trinajstić information content (AvgIpc) is 2.66. The van der Waals surface area contributed by atoms with Gasteiger partial charge in [0.05, 0.1) is 17.7 Å². The molecule has 1 aromatic rings. The van der Waals surface area contributed by atoms with Crippen molar-refractivity contribution >= 4 is 17.9 Å². The number of carbonyl (C=O) groups excluding carboxylic acids is 3. The van der Waals surface area contributed by atoms with Crippen molar-refractivity contribution in [3.63, 3.8) is 0 Å². The molecule has 5 heteroatoms. The quantitative estimate of drug-likeness (QED) is 0.739. The van der Waals surface area contributed by atoms with Crippen molar-refractivity contribution < 1.29 is 19.1 Å². The molecule has 0 saturated carbocycles. The van der Waals surface area contributed by atoms with Gasteiger partial charge in [-0.15, -0.1) is 0 Å². The van der Waals surface area contributed by atoms with Gasteiger partial charge in [-0.2, -0.15) is 4.90 Å². The van der Waals surface area contributed by atoms with Gasteiger partial charge in [0, 0.05) is 0 Å². The van der Waals surface area contributed by atoms with Crippen molar-refractivity contribution in [2.24, 2.45) is 0 Å². The fraction of sp³-hybridized carbons (Fsp3) is 0.400. The van der Waals surface area contributed by atoms with Gasteiger partial charge >= 0.3 is 6.09 Å². The molecule has 0 spiro atoms. The van der Waals surface area contributed by atoms with E-state index in [0.29, 0.717) is 16.0 Å². The maximum absolute atomic E-state index is 12.4. The Morgan fingerprint density at radius 3 is 1.65 bits per heavy atom. The van der Waals surface area contributed by atoms with Crippen LogP contribution in [0.3, 0.4) is 0 Å². The van der Waals surface area contributed by atoms with Crippen LogP contribution in [0.5, 0.6) is 0 Å². The summed E-state index contributed by atoms with van der Waals surface area (Å²) in [7, 11) is 0. The summed E-state index contributed by atoms with van der Waals surface area (Å²) in [6, 6.07) is 0. The fourth-order valence-corrected chi connectivity index (χ4v) is 2.52. The number of imide groups is 3. The minimum atomic E-state index is -0.909. The number of carbonyl (C=O) groups is 3. The van der Waals surface area contributed by atoms with Gasteiger partial charge in [0.1, 0.15) is 0 Å². The number of hydrogen-bond acceptors (Lipinski definition) is 4. The largest absolute Gasteiger partial charge is 0.449 e. The van der Waals surface area contributed by atoms with E-state index in [-0.39, 0.29) is 6.61 Å². The van der Waals surface area contributed by atoms with Gasteiger partial charge in [0.25, 0.3) is 11.8 Å². The monoisotopic (exact) mass is 275 g/mol. The summed E-state index contributed by atoms with van der Waals surface area (Å²) in [5.41, 5.74) is 4.06. The predicted octanol–water partition coefficient (Wildman–Crippen LogP) is 2.67. The van der Waals surface area contributed by atoms with Gasteiger partial charge < -0.3 is 4.74 Å². The molecule has 5 nitrogen and oxygen atoms in total. The van der Waals surface area contributed by atoms with Gasteiger partial charge in [0.15, 0.2) is 0 Å². The second kappa shape index (κ2) is 4.74. The zero-order chi connectivity index (χ0) is 15.2. The number of fused-ring (bicyclic) bond motifs is 1. The molecule has 20 heavy (non-hydrogen) atoms. The molecule has 0 atom stereocenters. The Hall–Kier alpha value is -2.17. The maximum atomic E-state index is 12.4. The Balaban J connectivity index is 2.66. The molecule has 0 fully saturated rings. The highest BCUT2D eigenvalue weighted by molar-refractivity contribution is 6.29. The van der Waals surface area contributed by atoms with Crippen molar-refractivity contribution in [3.8, 4) is 0 Å². The maximum Gasteiger partial charge on any atom is 0.424 e. The second-order valence-corrected chi connectivity index (χ2v) is 4.89. The summed E-state index contributed by atoms with van der Waals surface area (Å²) < 4.78 is 4.78. The number of amides is 3. The lowest BCUT2D eigenvalue weighted by atomic mass is 9.90.